The Morgan fingerprint density at radius 2 is 2.00 bits per heavy atom. The standard InChI is InChI=1S/C8H11N5.C2H6/c1-5(2)13-8-6(3-9)7(10)11-4-12-8;1-2/h4-5H,1-2H3,(H3,10,11,12,13);1-2H3. The van der Waals surface area contributed by atoms with Gasteiger partial charge in [-0.25, -0.2) is 9.97 Å². The van der Waals surface area contributed by atoms with E-state index in [0.29, 0.717) is 11.4 Å². The fourth-order valence-corrected chi connectivity index (χ4v) is 0.892. The summed E-state index contributed by atoms with van der Waals surface area (Å²) in [5.41, 5.74) is 5.80. The molecule has 3 N–H and O–H groups in total. The first-order valence-electron chi connectivity index (χ1n) is 4.92. The van der Waals surface area contributed by atoms with Crippen LogP contribution in [0.1, 0.15) is 33.3 Å². The number of anilines is 2. The first-order valence-corrected chi connectivity index (χ1v) is 4.92. The van der Waals surface area contributed by atoms with Crippen molar-refractivity contribution >= 4 is 11.6 Å². The van der Waals surface area contributed by atoms with E-state index in [9.17, 15) is 0 Å². The zero-order valence-corrected chi connectivity index (χ0v) is 9.57. The molecule has 0 radical (unpaired) electrons. The van der Waals surface area contributed by atoms with Crippen molar-refractivity contribution in [1.29, 1.82) is 5.26 Å². The van der Waals surface area contributed by atoms with E-state index in [1.807, 2.05) is 33.8 Å². The SMILES string of the molecule is CC.CC(C)Nc1ncnc(N)c1C#N. The molecule has 15 heavy (non-hydrogen) atoms. The molecule has 0 atom stereocenters. The number of nitriles is 1. The van der Waals surface area contributed by atoms with Gasteiger partial charge in [-0.05, 0) is 13.8 Å². The van der Waals surface area contributed by atoms with Gasteiger partial charge in [0.25, 0.3) is 0 Å². The third kappa shape index (κ3) is 3.81. The molecule has 1 heterocycles. The van der Waals surface area contributed by atoms with Gasteiger partial charge in [-0.2, -0.15) is 5.26 Å². The van der Waals surface area contributed by atoms with E-state index in [1.165, 1.54) is 6.33 Å². The molecule has 0 aliphatic carbocycles. The van der Waals surface area contributed by atoms with E-state index in [-0.39, 0.29) is 11.9 Å². The fourth-order valence-electron chi connectivity index (χ4n) is 0.892. The first kappa shape index (κ1) is 13.2. The number of hydrogen-bond acceptors (Lipinski definition) is 5. The topological polar surface area (TPSA) is 87.6 Å². The van der Waals surface area contributed by atoms with Gasteiger partial charge >= 0.3 is 0 Å². The van der Waals surface area contributed by atoms with Crippen molar-refractivity contribution in [1.82, 2.24) is 9.97 Å². The summed E-state index contributed by atoms with van der Waals surface area (Å²) < 4.78 is 0. The van der Waals surface area contributed by atoms with Crippen LogP contribution in [0.25, 0.3) is 0 Å². The molecular weight excluding hydrogens is 190 g/mol. The van der Waals surface area contributed by atoms with Gasteiger partial charge in [0.15, 0.2) is 0 Å². The van der Waals surface area contributed by atoms with Crippen LogP contribution < -0.4 is 11.1 Å². The van der Waals surface area contributed by atoms with Crippen molar-refractivity contribution in [3.63, 3.8) is 0 Å². The van der Waals surface area contributed by atoms with Crippen molar-refractivity contribution in [3.8, 4) is 6.07 Å². The normalized spacial score (nSPS) is 8.80. The van der Waals surface area contributed by atoms with Crippen LogP contribution in [0.4, 0.5) is 11.6 Å². The summed E-state index contributed by atoms with van der Waals surface area (Å²) in [6, 6.07) is 2.17. The minimum Gasteiger partial charge on any atom is -0.382 e. The van der Waals surface area contributed by atoms with Crippen LogP contribution in [0.5, 0.6) is 0 Å². The summed E-state index contributed by atoms with van der Waals surface area (Å²) in [6.45, 7) is 7.92. The molecule has 0 unspecified atom stereocenters. The quantitative estimate of drug-likeness (QED) is 0.771. The lowest BCUT2D eigenvalue weighted by molar-refractivity contribution is 0.885. The highest BCUT2D eigenvalue weighted by Crippen LogP contribution is 2.15. The molecule has 0 aromatic carbocycles. The summed E-state index contributed by atoms with van der Waals surface area (Å²) in [4.78, 5) is 7.65. The molecule has 1 aromatic rings. The highest BCUT2D eigenvalue weighted by molar-refractivity contribution is 5.62. The van der Waals surface area contributed by atoms with Gasteiger partial charge in [0.2, 0.25) is 0 Å². The summed E-state index contributed by atoms with van der Waals surface area (Å²) in [7, 11) is 0. The Bertz CT molecular complexity index is 340. The highest BCUT2D eigenvalue weighted by Gasteiger charge is 2.08. The smallest absolute Gasteiger partial charge is 0.149 e. The second-order valence-electron chi connectivity index (χ2n) is 2.89. The van der Waals surface area contributed by atoms with E-state index in [1.54, 1.807) is 0 Å². The predicted octanol–water partition coefficient (Wildman–Crippen LogP) is 1.78. The largest absolute Gasteiger partial charge is 0.382 e. The molecule has 1 rings (SSSR count). The number of nitrogens with zero attached hydrogens (tertiary/aromatic N) is 3. The maximum atomic E-state index is 8.76. The molecule has 0 fully saturated rings. The van der Waals surface area contributed by atoms with Gasteiger partial charge in [-0.1, -0.05) is 13.8 Å². The molecule has 0 bridgehead atoms. The molecule has 0 saturated heterocycles. The molecule has 0 aliphatic heterocycles. The Labute approximate surface area is 90.3 Å². The molecule has 0 spiro atoms. The van der Waals surface area contributed by atoms with Crippen LogP contribution in [0, 0.1) is 11.3 Å². The zero-order chi connectivity index (χ0) is 11.8. The number of nitrogens with two attached hydrogens (primary N) is 1. The number of aromatic nitrogens is 2. The van der Waals surface area contributed by atoms with E-state index < -0.39 is 0 Å². The van der Waals surface area contributed by atoms with E-state index in [0.717, 1.165) is 0 Å². The van der Waals surface area contributed by atoms with Crippen LogP contribution in [-0.4, -0.2) is 16.0 Å². The summed E-state index contributed by atoms with van der Waals surface area (Å²) in [5.74, 6) is 0.700. The Balaban J connectivity index is 0.000000921. The third-order valence-electron chi connectivity index (χ3n) is 1.41. The van der Waals surface area contributed by atoms with Crippen molar-refractivity contribution in [2.45, 2.75) is 33.7 Å². The van der Waals surface area contributed by atoms with Crippen molar-refractivity contribution in [2.24, 2.45) is 0 Å². The van der Waals surface area contributed by atoms with Gasteiger partial charge in [0, 0.05) is 6.04 Å². The molecule has 0 saturated carbocycles. The maximum Gasteiger partial charge on any atom is 0.149 e. The van der Waals surface area contributed by atoms with Gasteiger partial charge in [-0.15, -0.1) is 0 Å². The molecule has 82 valence electrons. The zero-order valence-electron chi connectivity index (χ0n) is 9.57. The number of nitrogens with one attached hydrogen (secondary N) is 1. The molecule has 0 aliphatic rings. The van der Waals surface area contributed by atoms with Gasteiger partial charge < -0.3 is 11.1 Å². The summed E-state index contributed by atoms with van der Waals surface area (Å²) in [6.07, 6.45) is 1.33. The number of rotatable bonds is 2. The average Bonchev–Trinajstić information content (AvgIpc) is 2.20. The Hall–Kier alpha value is -1.83. The Kier molecular flexibility index (Phi) is 5.79. The Morgan fingerprint density at radius 3 is 2.47 bits per heavy atom. The van der Waals surface area contributed by atoms with Crippen molar-refractivity contribution < 1.29 is 0 Å². The average molecular weight is 207 g/mol. The van der Waals surface area contributed by atoms with Crippen LogP contribution in [0.2, 0.25) is 0 Å². The second-order valence-corrected chi connectivity index (χ2v) is 2.89. The van der Waals surface area contributed by atoms with Crippen molar-refractivity contribution in [2.75, 3.05) is 11.1 Å². The second kappa shape index (κ2) is 6.60. The van der Waals surface area contributed by atoms with Gasteiger partial charge in [0.05, 0.1) is 0 Å². The van der Waals surface area contributed by atoms with Crippen LogP contribution in [-0.2, 0) is 0 Å². The molecule has 5 heteroatoms. The number of nitrogen functional groups attached to an aromatic ring is 1. The van der Waals surface area contributed by atoms with Gasteiger partial charge in [-0.3, -0.25) is 0 Å². The predicted molar refractivity (Wildman–Crippen MR) is 61.3 cm³/mol. The summed E-state index contributed by atoms with van der Waals surface area (Å²) >= 11 is 0. The first-order chi connectivity index (χ1) is 7.15. The third-order valence-corrected chi connectivity index (χ3v) is 1.41. The fraction of sp³-hybridized carbons (Fsp3) is 0.500. The maximum absolute atomic E-state index is 8.76. The van der Waals surface area contributed by atoms with Crippen molar-refractivity contribution in [3.05, 3.63) is 11.9 Å². The molecule has 0 amide bonds. The van der Waals surface area contributed by atoms with E-state index in [2.05, 4.69) is 15.3 Å². The lowest BCUT2D eigenvalue weighted by atomic mass is 10.3. The van der Waals surface area contributed by atoms with Gasteiger partial charge in [0.1, 0.15) is 29.6 Å². The molecular formula is C10H17N5. The number of hydrogen-bond donors (Lipinski definition) is 2. The van der Waals surface area contributed by atoms with E-state index >= 15 is 0 Å². The van der Waals surface area contributed by atoms with Crippen LogP contribution in [0.3, 0.4) is 0 Å². The van der Waals surface area contributed by atoms with E-state index in [4.69, 9.17) is 11.0 Å². The minimum absolute atomic E-state index is 0.209. The Morgan fingerprint density at radius 1 is 1.40 bits per heavy atom. The lowest BCUT2D eigenvalue weighted by Gasteiger charge is -2.10. The van der Waals surface area contributed by atoms with Crippen LogP contribution in [0.15, 0.2) is 6.33 Å². The summed E-state index contributed by atoms with van der Waals surface area (Å²) in [5, 5.41) is 11.8. The highest BCUT2D eigenvalue weighted by atomic mass is 15.0. The monoisotopic (exact) mass is 207 g/mol. The molecule has 1 aromatic heterocycles. The lowest BCUT2D eigenvalue weighted by Crippen LogP contribution is -2.13. The minimum atomic E-state index is 0.209. The molecule has 5 nitrogen and oxygen atoms in total. The van der Waals surface area contributed by atoms with Crippen LogP contribution >= 0.6 is 0 Å².